The van der Waals surface area contributed by atoms with Gasteiger partial charge in [-0.05, 0) is 31.9 Å². The van der Waals surface area contributed by atoms with Crippen molar-refractivity contribution in [2.45, 2.75) is 46.5 Å². The molecule has 0 saturated carbocycles. The van der Waals surface area contributed by atoms with Crippen molar-refractivity contribution in [2.24, 2.45) is 4.99 Å². The minimum Gasteiger partial charge on any atom is -0.376 e. The summed E-state index contributed by atoms with van der Waals surface area (Å²) in [5.41, 5.74) is 2.55. The van der Waals surface area contributed by atoms with E-state index in [1.54, 1.807) is 11.3 Å². The Balaban J connectivity index is 1.57. The number of aryl methyl sites for hydroxylation is 1. The smallest absolute Gasteiger partial charge is 0.191 e. The highest BCUT2D eigenvalue weighted by Crippen LogP contribution is 2.13. The fraction of sp³-hybridized carbons (Fsp3) is 0.524. The van der Waals surface area contributed by atoms with Crippen LogP contribution in [0.15, 0.2) is 35.5 Å². The van der Waals surface area contributed by atoms with Crippen molar-refractivity contribution in [3.63, 3.8) is 0 Å². The van der Waals surface area contributed by atoms with Crippen LogP contribution < -0.4 is 10.6 Å². The molecule has 152 valence electrons. The van der Waals surface area contributed by atoms with Crippen LogP contribution in [0.2, 0.25) is 0 Å². The third-order valence-electron chi connectivity index (χ3n) is 4.56. The van der Waals surface area contributed by atoms with Crippen molar-refractivity contribution in [1.82, 2.24) is 20.5 Å². The molecule has 0 aliphatic carbocycles. The van der Waals surface area contributed by atoms with Crippen LogP contribution in [-0.2, 0) is 24.4 Å². The van der Waals surface area contributed by atoms with E-state index in [0.717, 1.165) is 43.8 Å². The number of benzene rings is 1. The molecule has 7 heteroatoms. The molecule has 2 heterocycles. The summed E-state index contributed by atoms with van der Waals surface area (Å²) in [5.74, 6) is 0.822. The number of nitrogens with zero attached hydrogens (tertiary/aromatic N) is 3. The molecule has 2 aromatic rings. The second-order valence-corrected chi connectivity index (χ2v) is 8.47. The van der Waals surface area contributed by atoms with Crippen LogP contribution in [0.5, 0.6) is 0 Å². The summed E-state index contributed by atoms with van der Waals surface area (Å²) < 4.78 is 5.64. The quantitative estimate of drug-likeness (QED) is 0.552. The molecule has 0 bridgehead atoms. The Morgan fingerprint density at radius 3 is 2.96 bits per heavy atom. The first-order valence-corrected chi connectivity index (χ1v) is 10.8. The number of guanidine groups is 1. The number of nitrogens with one attached hydrogen (secondary N) is 2. The molecule has 1 saturated heterocycles. The first-order valence-electron chi connectivity index (χ1n) is 9.97. The van der Waals surface area contributed by atoms with Gasteiger partial charge in [0.25, 0.3) is 0 Å². The third-order valence-corrected chi connectivity index (χ3v) is 5.48. The molecule has 28 heavy (non-hydrogen) atoms. The molecule has 1 fully saturated rings. The van der Waals surface area contributed by atoms with E-state index < -0.39 is 0 Å². The highest BCUT2D eigenvalue weighted by atomic mass is 32.1. The summed E-state index contributed by atoms with van der Waals surface area (Å²) in [6.07, 6.45) is 2.23. The van der Waals surface area contributed by atoms with Crippen molar-refractivity contribution in [1.29, 1.82) is 0 Å². The van der Waals surface area contributed by atoms with Gasteiger partial charge in [0.1, 0.15) is 5.01 Å². The standard InChI is InChI=1S/C21H31N5OS/c1-4-22-21(25-13-20-23-11-17(3)28-20)24-12-18-6-5-7-19(10-18)15-26-8-9-27-16(2)14-26/h5-7,10-11,16H,4,8-9,12-15H2,1-3H3,(H2,22,24,25). The van der Waals surface area contributed by atoms with E-state index in [2.05, 4.69) is 65.6 Å². The summed E-state index contributed by atoms with van der Waals surface area (Å²) in [5, 5.41) is 7.75. The zero-order valence-electron chi connectivity index (χ0n) is 17.1. The van der Waals surface area contributed by atoms with Crippen LogP contribution in [0.1, 0.15) is 34.9 Å². The fourth-order valence-electron chi connectivity index (χ4n) is 3.27. The maximum atomic E-state index is 5.64. The van der Waals surface area contributed by atoms with Gasteiger partial charge in [-0.2, -0.15) is 0 Å². The van der Waals surface area contributed by atoms with Gasteiger partial charge in [0.15, 0.2) is 5.96 Å². The summed E-state index contributed by atoms with van der Waals surface area (Å²) in [4.78, 5) is 12.8. The summed E-state index contributed by atoms with van der Waals surface area (Å²) in [6, 6.07) is 8.73. The highest BCUT2D eigenvalue weighted by Gasteiger charge is 2.16. The molecular weight excluding hydrogens is 370 g/mol. The van der Waals surface area contributed by atoms with Gasteiger partial charge in [0, 0.05) is 37.3 Å². The maximum absolute atomic E-state index is 5.64. The number of morpholine rings is 1. The SMILES string of the molecule is CCNC(=NCc1cccc(CN2CCOC(C)C2)c1)NCc1ncc(C)s1. The molecule has 0 spiro atoms. The van der Waals surface area contributed by atoms with Crippen molar-refractivity contribution in [3.8, 4) is 0 Å². The molecule has 1 unspecified atom stereocenters. The van der Waals surface area contributed by atoms with Gasteiger partial charge in [0.05, 0.1) is 25.8 Å². The molecule has 0 amide bonds. The van der Waals surface area contributed by atoms with Crippen molar-refractivity contribution in [2.75, 3.05) is 26.2 Å². The lowest BCUT2D eigenvalue weighted by molar-refractivity contribution is -0.0212. The van der Waals surface area contributed by atoms with Gasteiger partial charge in [-0.15, -0.1) is 11.3 Å². The Labute approximate surface area is 172 Å². The first kappa shape index (κ1) is 20.8. The van der Waals surface area contributed by atoms with Crippen molar-refractivity contribution in [3.05, 3.63) is 51.5 Å². The minimum absolute atomic E-state index is 0.317. The molecule has 3 rings (SSSR count). The predicted molar refractivity (Wildman–Crippen MR) is 116 cm³/mol. The average molecular weight is 402 g/mol. The zero-order valence-corrected chi connectivity index (χ0v) is 17.9. The molecule has 2 N–H and O–H groups in total. The van der Waals surface area contributed by atoms with Gasteiger partial charge >= 0.3 is 0 Å². The number of rotatable bonds is 7. The van der Waals surface area contributed by atoms with Gasteiger partial charge in [-0.25, -0.2) is 9.98 Å². The molecule has 6 nitrogen and oxygen atoms in total. The average Bonchev–Trinajstić information content (AvgIpc) is 3.10. The number of hydrogen-bond donors (Lipinski definition) is 2. The number of hydrogen-bond acceptors (Lipinski definition) is 5. The van der Waals surface area contributed by atoms with E-state index in [0.29, 0.717) is 19.2 Å². The van der Waals surface area contributed by atoms with Crippen LogP contribution in [0.25, 0.3) is 0 Å². The minimum atomic E-state index is 0.317. The van der Waals surface area contributed by atoms with E-state index in [9.17, 15) is 0 Å². The van der Waals surface area contributed by atoms with Crippen LogP contribution in [-0.4, -0.2) is 48.2 Å². The Bertz CT molecular complexity index is 776. The molecule has 0 radical (unpaired) electrons. The van der Waals surface area contributed by atoms with E-state index >= 15 is 0 Å². The van der Waals surface area contributed by atoms with Crippen LogP contribution in [0.3, 0.4) is 0 Å². The zero-order chi connectivity index (χ0) is 19.8. The first-order chi connectivity index (χ1) is 13.6. The molecule has 1 atom stereocenters. The van der Waals surface area contributed by atoms with E-state index in [1.165, 1.54) is 16.0 Å². The lowest BCUT2D eigenvalue weighted by Gasteiger charge is -2.31. The highest BCUT2D eigenvalue weighted by molar-refractivity contribution is 7.11. The molecule has 1 aromatic carbocycles. The van der Waals surface area contributed by atoms with E-state index in [4.69, 9.17) is 9.73 Å². The Morgan fingerprint density at radius 2 is 2.21 bits per heavy atom. The van der Waals surface area contributed by atoms with Gasteiger partial charge in [-0.3, -0.25) is 4.90 Å². The summed E-state index contributed by atoms with van der Waals surface area (Å²) >= 11 is 1.71. The molecule has 1 aliphatic heterocycles. The lowest BCUT2D eigenvalue weighted by atomic mass is 10.1. The Morgan fingerprint density at radius 1 is 1.36 bits per heavy atom. The third kappa shape index (κ3) is 6.58. The maximum Gasteiger partial charge on any atom is 0.191 e. The largest absolute Gasteiger partial charge is 0.376 e. The number of thiazole rings is 1. The van der Waals surface area contributed by atoms with Crippen LogP contribution in [0, 0.1) is 6.92 Å². The number of aliphatic imine (C=N–C) groups is 1. The Hall–Kier alpha value is -1.96. The predicted octanol–water partition coefficient (Wildman–Crippen LogP) is 2.93. The molecule has 1 aliphatic rings. The topological polar surface area (TPSA) is 61.8 Å². The number of ether oxygens (including phenoxy) is 1. The normalized spacial score (nSPS) is 18.2. The van der Waals surface area contributed by atoms with Crippen LogP contribution >= 0.6 is 11.3 Å². The Kier molecular flexibility index (Phi) is 7.82. The summed E-state index contributed by atoms with van der Waals surface area (Å²) in [6.45, 7) is 12.2. The van der Waals surface area contributed by atoms with E-state index in [-0.39, 0.29) is 0 Å². The summed E-state index contributed by atoms with van der Waals surface area (Å²) in [7, 11) is 0. The van der Waals surface area contributed by atoms with Crippen molar-refractivity contribution < 1.29 is 4.74 Å². The fourth-order valence-corrected chi connectivity index (χ4v) is 4.00. The molecular formula is C21H31N5OS. The monoisotopic (exact) mass is 401 g/mol. The second kappa shape index (κ2) is 10.5. The number of aromatic nitrogens is 1. The van der Waals surface area contributed by atoms with Gasteiger partial charge < -0.3 is 15.4 Å². The van der Waals surface area contributed by atoms with Crippen molar-refractivity contribution >= 4 is 17.3 Å². The van der Waals surface area contributed by atoms with Crippen LogP contribution in [0.4, 0.5) is 0 Å². The van der Waals surface area contributed by atoms with Gasteiger partial charge in [-0.1, -0.05) is 24.3 Å². The second-order valence-electron chi connectivity index (χ2n) is 7.15. The van der Waals surface area contributed by atoms with E-state index in [1.807, 2.05) is 6.20 Å². The lowest BCUT2D eigenvalue weighted by Crippen LogP contribution is -2.40. The molecule has 1 aromatic heterocycles. The van der Waals surface area contributed by atoms with Gasteiger partial charge in [0.2, 0.25) is 0 Å².